The molecule has 2 saturated carbocycles. The zero-order valence-electron chi connectivity index (χ0n) is 15.0. The number of nitrogens with zero attached hydrogens (tertiary/aromatic N) is 4. The van der Waals surface area contributed by atoms with Crippen LogP contribution in [0.4, 0.5) is 16.4 Å². The summed E-state index contributed by atoms with van der Waals surface area (Å²) < 4.78 is 5.56. The third-order valence-electron chi connectivity index (χ3n) is 5.13. The molecule has 4 rings (SSSR count). The van der Waals surface area contributed by atoms with Crippen molar-refractivity contribution in [1.29, 1.82) is 5.26 Å². The van der Waals surface area contributed by atoms with E-state index in [0.717, 1.165) is 37.8 Å². The number of amides is 1. The Morgan fingerprint density at radius 2 is 2.19 bits per heavy atom. The molecule has 140 valence electrons. The molecule has 2 aromatic heterocycles. The highest BCUT2D eigenvalue weighted by Gasteiger charge is 2.40. The van der Waals surface area contributed by atoms with Crippen LogP contribution in [0.25, 0.3) is 0 Å². The van der Waals surface area contributed by atoms with Crippen molar-refractivity contribution >= 4 is 17.7 Å². The number of carbonyl (C=O) groups is 1. The maximum Gasteiger partial charge on any atom is 0.407 e. The highest BCUT2D eigenvalue weighted by Crippen LogP contribution is 2.37. The van der Waals surface area contributed by atoms with Crippen LogP contribution in [0.1, 0.15) is 56.3 Å². The fourth-order valence-corrected chi connectivity index (χ4v) is 3.27. The first-order valence-electron chi connectivity index (χ1n) is 9.08. The van der Waals surface area contributed by atoms with Gasteiger partial charge in [0.05, 0.1) is 0 Å². The second-order valence-electron chi connectivity index (χ2n) is 7.47. The maximum absolute atomic E-state index is 12.0. The van der Waals surface area contributed by atoms with Crippen molar-refractivity contribution in [3.05, 3.63) is 29.6 Å². The van der Waals surface area contributed by atoms with Crippen molar-refractivity contribution in [1.82, 2.24) is 25.7 Å². The van der Waals surface area contributed by atoms with E-state index >= 15 is 0 Å². The van der Waals surface area contributed by atoms with E-state index in [1.807, 2.05) is 19.1 Å². The summed E-state index contributed by atoms with van der Waals surface area (Å²) >= 11 is 0. The van der Waals surface area contributed by atoms with Crippen LogP contribution in [0.3, 0.4) is 0 Å². The van der Waals surface area contributed by atoms with E-state index in [1.165, 1.54) is 0 Å². The average Bonchev–Trinajstić information content (AvgIpc) is 3.03. The number of ether oxygens (including phenoxy) is 1. The van der Waals surface area contributed by atoms with E-state index < -0.39 is 0 Å². The lowest BCUT2D eigenvalue weighted by atomic mass is 10.0. The SMILES string of the molecule is CC1(NC(=O)O[C@@H]2CC[C@H](c3cc(Nc4ccc(C#N)nn4)n[nH]3)C2)CC1. The Bertz CT molecular complexity index is 867. The largest absolute Gasteiger partial charge is 0.446 e. The van der Waals surface area contributed by atoms with Gasteiger partial charge in [0.2, 0.25) is 0 Å². The molecule has 3 N–H and O–H groups in total. The van der Waals surface area contributed by atoms with E-state index in [1.54, 1.807) is 12.1 Å². The molecule has 0 saturated heterocycles. The lowest BCUT2D eigenvalue weighted by Gasteiger charge is -2.16. The molecule has 0 aliphatic heterocycles. The van der Waals surface area contributed by atoms with E-state index in [9.17, 15) is 4.79 Å². The normalized spacial score (nSPS) is 22.7. The second kappa shape index (κ2) is 6.87. The molecule has 2 fully saturated rings. The number of aromatic nitrogens is 4. The smallest absolute Gasteiger partial charge is 0.407 e. The van der Waals surface area contributed by atoms with Gasteiger partial charge in [-0.25, -0.2) is 4.79 Å². The second-order valence-corrected chi connectivity index (χ2v) is 7.47. The molecule has 2 aliphatic carbocycles. The van der Waals surface area contributed by atoms with Gasteiger partial charge in [0.15, 0.2) is 17.3 Å². The molecule has 2 aromatic rings. The zero-order chi connectivity index (χ0) is 18.9. The summed E-state index contributed by atoms with van der Waals surface area (Å²) in [5, 5.41) is 29.7. The summed E-state index contributed by atoms with van der Waals surface area (Å²) in [5.74, 6) is 1.42. The van der Waals surface area contributed by atoms with E-state index in [4.69, 9.17) is 10.00 Å². The first-order chi connectivity index (χ1) is 13.0. The van der Waals surface area contributed by atoms with Crippen molar-refractivity contribution in [2.24, 2.45) is 0 Å². The third-order valence-corrected chi connectivity index (χ3v) is 5.13. The topological polar surface area (TPSA) is 129 Å². The molecule has 9 heteroatoms. The Morgan fingerprint density at radius 1 is 1.33 bits per heavy atom. The first-order valence-corrected chi connectivity index (χ1v) is 9.08. The quantitative estimate of drug-likeness (QED) is 0.741. The Labute approximate surface area is 156 Å². The molecule has 0 unspecified atom stereocenters. The highest BCUT2D eigenvalue weighted by atomic mass is 16.6. The predicted molar refractivity (Wildman–Crippen MR) is 96.3 cm³/mol. The molecule has 1 amide bonds. The van der Waals surface area contributed by atoms with Crippen LogP contribution in [0.5, 0.6) is 0 Å². The monoisotopic (exact) mass is 367 g/mol. The molecule has 0 radical (unpaired) electrons. The van der Waals surface area contributed by atoms with Gasteiger partial charge in [0.25, 0.3) is 0 Å². The number of carbonyl (C=O) groups excluding carboxylic acids is 1. The van der Waals surface area contributed by atoms with Gasteiger partial charge in [0.1, 0.15) is 12.2 Å². The number of rotatable bonds is 5. The van der Waals surface area contributed by atoms with E-state index in [0.29, 0.717) is 11.6 Å². The molecule has 2 heterocycles. The molecule has 27 heavy (non-hydrogen) atoms. The summed E-state index contributed by atoms with van der Waals surface area (Å²) in [6.45, 7) is 2.03. The van der Waals surface area contributed by atoms with Gasteiger partial charge in [0, 0.05) is 23.2 Å². The van der Waals surface area contributed by atoms with Gasteiger partial charge < -0.3 is 15.4 Å². The van der Waals surface area contributed by atoms with Crippen LogP contribution in [0.2, 0.25) is 0 Å². The molecular weight excluding hydrogens is 346 g/mol. The summed E-state index contributed by atoms with van der Waals surface area (Å²) in [7, 11) is 0. The molecule has 0 aromatic carbocycles. The predicted octanol–water partition coefficient (Wildman–Crippen LogP) is 2.73. The molecule has 0 bridgehead atoms. The van der Waals surface area contributed by atoms with E-state index in [2.05, 4.69) is 31.0 Å². The minimum Gasteiger partial charge on any atom is -0.446 e. The van der Waals surface area contributed by atoms with Gasteiger partial charge in [-0.1, -0.05) is 0 Å². The summed E-state index contributed by atoms with van der Waals surface area (Å²) in [6.07, 6.45) is 4.22. The fraction of sp³-hybridized carbons (Fsp3) is 0.500. The molecule has 2 aliphatic rings. The lowest BCUT2D eigenvalue weighted by Crippen LogP contribution is -2.36. The third kappa shape index (κ3) is 4.16. The molecule has 9 nitrogen and oxygen atoms in total. The summed E-state index contributed by atoms with van der Waals surface area (Å²) in [5.41, 5.74) is 1.20. The Hall–Kier alpha value is -3.15. The standard InChI is InChI=1S/C18H21N7O2/c1-18(6-7-18)21-17(26)27-13-4-2-11(8-13)14-9-16(25-23-14)20-15-5-3-12(10-19)22-24-15/h3,5,9,11,13H,2,4,6-8H2,1H3,(H,21,26)(H2,20,23,24,25)/t11-,13+/m0/s1. The van der Waals surface area contributed by atoms with Crippen molar-refractivity contribution < 1.29 is 9.53 Å². The van der Waals surface area contributed by atoms with Crippen molar-refractivity contribution in [2.45, 2.75) is 56.6 Å². The lowest BCUT2D eigenvalue weighted by molar-refractivity contribution is 0.0967. The van der Waals surface area contributed by atoms with Crippen LogP contribution in [0, 0.1) is 11.3 Å². The number of aromatic amines is 1. The van der Waals surface area contributed by atoms with Crippen LogP contribution in [-0.4, -0.2) is 38.1 Å². The maximum atomic E-state index is 12.0. The van der Waals surface area contributed by atoms with Gasteiger partial charge in [-0.2, -0.15) is 10.4 Å². The average molecular weight is 367 g/mol. The van der Waals surface area contributed by atoms with Crippen LogP contribution in [0.15, 0.2) is 18.2 Å². The zero-order valence-corrected chi connectivity index (χ0v) is 15.0. The number of alkyl carbamates (subject to hydrolysis) is 1. The Kier molecular flexibility index (Phi) is 4.39. The Balaban J connectivity index is 1.30. The Morgan fingerprint density at radius 3 is 2.89 bits per heavy atom. The van der Waals surface area contributed by atoms with Gasteiger partial charge in [-0.3, -0.25) is 5.10 Å². The highest BCUT2D eigenvalue weighted by molar-refractivity contribution is 5.69. The number of hydrogen-bond donors (Lipinski definition) is 3. The van der Waals surface area contributed by atoms with Crippen molar-refractivity contribution in [2.75, 3.05) is 5.32 Å². The van der Waals surface area contributed by atoms with Crippen LogP contribution >= 0.6 is 0 Å². The van der Waals surface area contributed by atoms with Crippen LogP contribution < -0.4 is 10.6 Å². The first kappa shape index (κ1) is 17.3. The minimum absolute atomic E-state index is 0.0621. The fourth-order valence-electron chi connectivity index (χ4n) is 3.27. The van der Waals surface area contributed by atoms with Gasteiger partial charge in [-0.05, 0) is 51.2 Å². The number of H-pyrrole nitrogens is 1. The van der Waals surface area contributed by atoms with Crippen molar-refractivity contribution in [3.63, 3.8) is 0 Å². The van der Waals surface area contributed by atoms with Gasteiger partial charge >= 0.3 is 6.09 Å². The molecule has 2 atom stereocenters. The number of hydrogen-bond acceptors (Lipinski definition) is 7. The molecular formula is C18H21N7O2. The van der Waals surface area contributed by atoms with Gasteiger partial charge in [-0.15, -0.1) is 10.2 Å². The molecule has 0 spiro atoms. The van der Waals surface area contributed by atoms with E-state index in [-0.39, 0.29) is 29.3 Å². The minimum atomic E-state index is -0.313. The number of anilines is 2. The number of nitrogens with one attached hydrogen (secondary N) is 3. The van der Waals surface area contributed by atoms with Crippen molar-refractivity contribution in [3.8, 4) is 6.07 Å². The van der Waals surface area contributed by atoms with Crippen LogP contribution in [-0.2, 0) is 4.74 Å². The summed E-state index contributed by atoms with van der Waals surface area (Å²) in [6, 6.07) is 7.13. The summed E-state index contributed by atoms with van der Waals surface area (Å²) in [4.78, 5) is 12.0. The number of nitriles is 1.